The first-order valence-corrected chi connectivity index (χ1v) is 5.80. The fraction of sp³-hybridized carbons (Fsp3) is 0.154. The number of aromatic nitrogens is 1. The second-order valence-corrected chi connectivity index (χ2v) is 4.12. The van der Waals surface area contributed by atoms with Gasteiger partial charge in [0.25, 0.3) is 0 Å². The Bertz CT molecular complexity index is 482. The molecule has 3 N–H and O–H groups in total. The Morgan fingerprint density at radius 1 is 1.06 bits per heavy atom. The molecule has 0 saturated carbocycles. The number of rotatable bonds is 4. The molecule has 2 aromatic rings. The third-order valence-electron chi connectivity index (χ3n) is 2.39. The van der Waals surface area contributed by atoms with Crippen molar-refractivity contribution in [3.8, 4) is 0 Å². The van der Waals surface area contributed by atoms with E-state index in [1.807, 2.05) is 42.5 Å². The van der Waals surface area contributed by atoms with Gasteiger partial charge in [-0.25, -0.2) is 0 Å². The van der Waals surface area contributed by atoms with Crippen LogP contribution in [0.15, 0.2) is 42.5 Å². The molecule has 1 aromatic carbocycles. The summed E-state index contributed by atoms with van der Waals surface area (Å²) in [5.74, 6) is 0. The quantitative estimate of drug-likeness (QED) is 0.874. The number of halogens is 1. The molecule has 0 radical (unpaired) electrons. The van der Waals surface area contributed by atoms with Gasteiger partial charge in [-0.2, -0.15) is 0 Å². The fourth-order valence-corrected chi connectivity index (χ4v) is 1.63. The number of nitrogens with two attached hydrogens (primary N) is 1. The Kier molecular flexibility index (Phi) is 3.96. The molecule has 1 heterocycles. The maximum atomic E-state index is 5.81. The van der Waals surface area contributed by atoms with E-state index in [-0.39, 0.29) is 0 Å². The van der Waals surface area contributed by atoms with Crippen LogP contribution in [0, 0.1) is 0 Å². The molecule has 0 saturated heterocycles. The van der Waals surface area contributed by atoms with Crippen LogP contribution in [-0.2, 0) is 13.1 Å². The van der Waals surface area contributed by atoms with Crippen molar-refractivity contribution in [3.63, 3.8) is 0 Å². The summed E-state index contributed by atoms with van der Waals surface area (Å²) in [5.41, 5.74) is 8.45. The number of nitrogens with zero attached hydrogens (tertiary/aromatic N) is 1. The van der Waals surface area contributed by atoms with Gasteiger partial charge >= 0.3 is 0 Å². The maximum Gasteiger partial charge on any atom is 0.0598 e. The van der Waals surface area contributed by atoms with E-state index in [4.69, 9.17) is 17.3 Å². The second kappa shape index (κ2) is 5.66. The third kappa shape index (κ3) is 3.44. The molecule has 0 spiro atoms. The van der Waals surface area contributed by atoms with Crippen LogP contribution in [0.5, 0.6) is 0 Å². The lowest BCUT2D eigenvalue weighted by Gasteiger charge is -2.07. The second-order valence-electron chi connectivity index (χ2n) is 3.68. The van der Waals surface area contributed by atoms with Crippen LogP contribution in [0.25, 0.3) is 0 Å². The standard InChI is InChI=1S/C13H14ClN3/c14-10-4-6-11(7-5-10)16-9-13-3-1-2-12(8-15)17-13/h1-7,16H,8-9,15H2. The average molecular weight is 248 g/mol. The molecule has 0 bridgehead atoms. The zero-order valence-corrected chi connectivity index (χ0v) is 10.1. The summed E-state index contributed by atoms with van der Waals surface area (Å²) in [6.45, 7) is 1.14. The molecular weight excluding hydrogens is 234 g/mol. The lowest BCUT2D eigenvalue weighted by Crippen LogP contribution is -2.05. The van der Waals surface area contributed by atoms with Crippen LogP contribution < -0.4 is 11.1 Å². The average Bonchev–Trinajstić information content (AvgIpc) is 2.38. The van der Waals surface area contributed by atoms with Gasteiger partial charge in [0.1, 0.15) is 0 Å². The summed E-state index contributed by atoms with van der Waals surface area (Å²) in [6, 6.07) is 13.5. The Morgan fingerprint density at radius 3 is 2.47 bits per heavy atom. The molecule has 2 rings (SSSR count). The van der Waals surface area contributed by atoms with Gasteiger partial charge in [-0.15, -0.1) is 0 Å². The topological polar surface area (TPSA) is 50.9 Å². The van der Waals surface area contributed by atoms with Crippen molar-refractivity contribution in [2.75, 3.05) is 5.32 Å². The lowest BCUT2D eigenvalue weighted by atomic mass is 10.2. The van der Waals surface area contributed by atoms with E-state index >= 15 is 0 Å². The zero-order valence-electron chi connectivity index (χ0n) is 9.36. The molecule has 0 unspecified atom stereocenters. The van der Waals surface area contributed by atoms with E-state index in [9.17, 15) is 0 Å². The summed E-state index contributed by atoms with van der Waals surface area (Å²) in [5, 5.41) is 4.01. The van der Waals surface area contributed by atoms with E-state index in [1.165, 1.54) is 0 Å². The highest BCUT2D eigenvalue weighted by Crippen LogP contribution is 2.14. The van der Waals surface area contributed by atoms with E-state index in [0.29, 0.717) is 13.1 Å². The van der Waals surface area contributed by atoms with Crippen molar-refractivity contribution in [1.82, 2.24) is 4.98 Å². The molecule has 0 atom stereocenters. The monoisotopic (exact) mass is 247 g/mol. The van der Waals surface area contributed by atoms with Gasteiger partial charge in [-0.3, -0.25) is 4.98 Å². The van der Waals surface area contributed by atoms with Crippen molar-refractivity contribution in [1.29, 1.82) is 0 Å². The van der Waals surface area contributed by atoms with Gasteiger partial charge in [-0.1, -0.05) is 17.7 Å². The molecule has 0 fully saturated rings. The van der Waals surface area contributed by atoms with E-state index in [1.54, 1.807) is 0 Å². The van der Waals surface area contributed by atoms with Gasteiger partial charge in [0, 0.05) is 17.3 Å². The summed E-state index contributed by atoms with van der Waals surface area (Å²) in [6.07, 6.45) is 0. The molecule has 4 heteroatoms. The van der Waals surface area contributed by atoms with Gasteiger partial charge in [0.2, 0.25) is 0 Å². The van der Waals surface area contributed by atoms with Gasteiger partial charge in [0.05, 0.1) is 17.9 Å². The Hall–Kier alpha value is -1.58. The molecule has 0 aliphatic rings. The number of anilines is 1. The van der Waals surface area contributed by atoms with E-state index in [0.717, 1.165) is 22.1 Å². The van der Waals surface area contributed by atoms with Crippen LogP contribution in [0.3, 0.4) is 0 Å². The predicted octanol–water partition coefficient (Wildman–Crippen LogP) is 2.81. The first kappa shape index (κ1) is 11.9. The normalized spacial score (nSPS) is 10.2. The van der Waals surface area contributed by atoms with Crippen molar-refractivity contribution >= 4 is 17.3 Å². The molecule has 17 heavy (non-hydrogen) atoms. The summed E-state index contributed by atoms with van der Waals surface area (Å²) >= 11 is 5.81. The maximum absolute atomic E-state index is 5.81. The van der Waals surface area contributed by atoms with Crippen LogP contribution in [-0.4, -0.2) is 4.98 Å². The van der Waals surface area contributed by atoms with Gasteiger partial charge in [0.15, 0.2) is 0 Å². The summed E-state index contributed by atoms with van der Waals surface area (Å²) < 4.78 is 0. The van der Waals surface area contributed by atoms with Gasteiger partial charge in [-0.05, 0) is 36.4 Å². The fourth-order valence-electron chi connectivity index (χ4n) is 1.50. The van der Waals surface area contributed by atoms with Crippen LogP contribution in [0.1, 0.15) is 11.4 Å². The first-order chi connectivity index (χ1) is 8.28. The third-order valence-corrected chi connectivity index (χ3v) is 2.64. The predicted molar refractivity (Wildman–Crippen MR) is 70.9 cm³/mol. The summed E-state index contributed by atoms with van der Waals surface area (Å²) in [7, 11) is 0. The minimum absolute atomic E-state index is 0.467. The largest absolute Gasteiger partial charge is 0.379 e. The van der Waals surface area contributed by atoms with Crippen LogP contribution in [0.2, 0.25) is 5.02 Å². The molecule has 0 aliphatic carbocycles. The minimum atomic E-state index is 0.467. The van der Waals surface area contributed by atoms with Crippen LogP contribution >= 0.6 is 11.6 Å². The molecule has 0 amide bonds. The van der Waals surface area contributed by atoms with Gasteiger partial charge < -0.3 is 11.1 Å². The zero-order chi connectivity index (χ0) is 12.1. The van der Waals surface area contributed by atoms with Crippen molar-refractivity contribution in [2.24, 2.45) is 5.73 Å². The highest BCUT2D eigenvalue weighted by molar-refractivity contribution is 6.30. The number of pyridine rings is 1. The molecule has 88 valence electrons. The summed E-state index contributed by atoms with van der Waals surface area (Å²) in [4.78, 5) is 4.41. The molecule has 3 nitrogen and oxygen atoms in total. The molecular formula is C13H14ClN3. The van der Waals surface area contributed by atoms with Crippen LogP contribution in [0.4, 0.5) is 5.69 Å². The number of benzene rings is 1. The van der Waals surface area contributed by atoms with Crippen molar-refractivity contribution in [2.45, 2.75) is 13.1 Å². The van der Waals surface area contributed by atoms with Crippen molar-refractivity contribution in [3.05, 3.63) is 58.9 Å². The molecule has 1 aromatic heterocycles. The highest BCUT2D eigenvalue weighted by atomic mass is 35.5. The SMILES string of the molecule is NCc1cccc(CNc2ccc(Cl)cc2)n1. The van der Waals surface area contributed by atoms with E-state index in [2.05, 4.69) is 10.3 Å². The molecule has 0 aliphatic heterocycles. The van der Waals surface area contributed by atoms with Crippen molar-refractivity contribution < 1.29 is 0 Å². The Labute approximate surface area is 106 Å². The highest BCUT2D eigenvalue weighted by Gasteiger charge is 1.97. The number of hydrogen-bond donors (Lipinski definition) is 2. The number of nitrogens with one attached hydrogen (secondary N) is 1. The first-order valence-electron chi connectivity index (χ1n) is 5.42. The smallest absolute Gasteiger partial charge is 0.0598 e. The number of hydrogen-bond acceptors (Lipinski definition) is 3. The minimum Gasteiger partial charge on any atom is -0.379 e. The van der Waals surface area contributed by atoms with E-state index < -0.39 is 0 Å². The Morgan fingerprint density at radius 2 is 1.76 bits per heavy atom. The lowest BCUT2D eigenvalue weighted by molar-refractivity contribution is 0.937. The Balaban J connectivity index is 1.99.